The summed E-state index contributed by atoms with van der Waals surface area (Å²) in [7, 11) is 4.16. The van der Waals surface area contributed by atoms with Crippen LogP contribution >= 0.6 is 0 Å². The molecule has 2 heteroatoms. The molecule has 0 bridgehead atoms. The third-order valence-electron chi connectivity index (χ3n) is 3.83. The van der Waals surface area contributed by atoms with Crippen LogP contribution in [0.1, 0.15) is 44.7 Å². The summed E-state index contributed by atoms with van der Waals surface area (Å²) in [5.74, 6) is 0.996. The van der Waals surface area contributed by atoms with E-state index in [9.17, 15) is 0 Å². The molecule has 2 nitrogen and oxygen atoms in total. The maximum Gasteiger partial charge on any atom is 0.0361 e. The standard InChI is InChI=1S/C16H26N2/c1-12(11-14-5-6-14)17-13(2)15-7-9-16(10-8-15)18(3)4/h7-10,12-14,17H,5-6,11H2,1-4H3. The van der Waals surface area contributed by atoms with Crippen LogP contribution in [0.4, 0.5) is 5.69 Å². The summed E-state index contributed by atoms with van der Waals surface area (Å²) >= 11 is 0. The lowest BCUT2D eigenvalue weighted by molar-refractivity contribution is 0.438. The minimum Gasteiger partial charge on any atom is -0.378 e. The zero-order valence-electron chi connectivity index (χ0n) is 12.1. The first-order valence-corrected chi connectivity index (χ1v) is 7.09. The number of hydrogen-bond acceptors (Lipinski definition) is 2. The molecular formula is C16H26N2. The zero-order valence-corrected chi connectivity index (χ0v) is 12.1. The quantitative estimate of drug-likeness (QED) is 0.825. The Bertz CT molecular complexity index is 365. The monoisotopic (exact) mass is 246 g/mol. The van der Waals surface area contributed by atoms with Crippen LogP contribution in [0.5, 0.6) is 0 Å². The van der Waals surface area contributed by atoms with Crippen LogP contribution in [-0.2, 0) is 0 Å². The zero-order chi connectivity index (χ0) is 13.1. The first kappa shape index (κ1) is 13.4. The van der Waals surface area contributed by atoms with Crippen LogP contribution in [0.3, 0.4) is 0 Å². The maximum atomic E-state index is 3.70. The molecule has 1 aliphatic carbocycles. The second-order valence-electron chi connectivity index (χ2n) is 5.95. The van der Waals surface area contributed by atoms with E-state index in [1.54, 1.807) is 0 Å². The molecule has 0 saturated heterocycles. The van der Waals surface area contributed by atoms with Gasteiger partial charge in [-0.3, -0.25) is 0 Å². The van der Waals surface area contributed by atoms with E-state index in [-0.39, 0.29) is 0 Å². The highest BCUT2D eigenvalue weighted by Gasteiger charge is 2.24. The summed E-state index contributed by atoms with van der Waals surface area (Å²) in [6.45, 7) is 4.57. The SMILES string of the molecule is CC(CC1CC1)NC(C)c1ccc(N(C)C)cc1. The molecule has 1 aromatic rings. The molecule has 0 radical (unpaired) electrons. The van der Waals surface area contributed by atoms with Gasteiger partial charge in [-0.05, 0) is 43.9 Å². The van der Waals surface area contributed by atoms with E-state index in [1.165, 1.54) is 30.5 Å². The predicted molar refractivity (Wildman–Crippen MR) is 79.1 cm³/mol. The van der Waals surface area contributed by atoms with E-state index in [4.69, 9.17) is 0 Å². The summed E-state index contributed by atoms with van der Waals surface area (Å²) in [5, 5.41) is 3.70. The maximum absolute atomic E-state index is 3.70. The average molecular weight is 246 g/mol. The van der Waals surface area contributed by atoms with Crippen LogP contribution in [0.2, 0.25) is 0 Å². The first-order chi connectivity index (χ1) is 8.56. The molecule has 0 spiro atoms. The number of anilines is 1. The lowest BCUT2D eigenvalue weighted by atomic mass is 10.1. The summed E-state index contributed by atoms with van der Waals surface area (Å²) in [6.07, 6.45) is 4.22. The highest BCUT2D eigenvalue weighted by Crippen LogP contribution is 2.33. The smallest absolute Gasteiger partial charge is 0.0361 e. The van der Waals surface area contributed by atoms with Crippen LogP contribution in [-0.4, -0.2) is 20.1 Å². The normalized spacial score (nSPS) is 18.4. The minimum absolute atomic E-state index is 0.440. The van der Waals surface area contributed by atoms with Gasteiger partial charge in [0.1, 0.15) is 0 Å². The molecule has 1 aromatic carbocycles. The fraction of sp³-hybridized carbons (Fsp3) is 0.625. The van der Waals surface area contributed by atoms with Gasteiger partial charge < -0.3 is 10.2 Å². The molecule has 18 heavy (non-hydrogen) atoms. The Morgan fingerprint density at radius 3 is 2.28 bits per heavy atom. The van der Waals surface area contributed by atoms with E-state index in [2.05, 4.69) is 62.4 Å². The van der Waals surface area contributed by atoms with Gasteiger partial charge in [-0.25, -0.2) is 0 Å². The third kappa shape index (κ3) is 3.74. The number of rotatable bonds is 6. The third-order valence-corrected chi connectivity index (χ3v) is 3.83. The Balaban J connectivity index is 1.88. The molecule has 0 aromatic heterocycles. The highest BCUT2D eigenvalue weighted by atomic mass is 15.1. The van der Waals surface area contributed by atoms with E-state index in [1.807, 2.05) is 0 Å². The highest BCUT2D eigenvalue weighted by molar-refractivity contribution is 5.46. The fourth-order valence-electron chi connectivity index (χ4n) is 2.51. The molecule has 100 valence electrons. The summed E-state index contributed by atoms with van der Waals surface area (Å²) in [4.78, 5) is 2.14. The van der Waals surface area contributed by atoms with Gasteiger partial charge in [-0.2, -0.15) is 0 Å². The summed E-state index contributed by atoms with van der Waals surface area (Å²) < 4.78 is 0. The molecule has 2 rings (SSSR count). The van der Waals surface area contributed by atoms with Crippen LogP contribution in [0.15, 0.2) is 24.3 Å². The molecule has 1 fully saturated rings. The largest absolute Gasteiger partial charge is 0.378 e. The number of nitrogens with one attached hydrogen (secondary N) is 1. The topological polar surface area (TPSA) is 15.3 Å². The fourth-order valence-corrected chi connectivity index (χ4v) is 2.51. The lowest BCUT2D eigenvalue weighted by Gasteiger charge is -2.21. The van der Waals surface area contributed by atoms with Gasteiger partial charge in [0.2, 0.25) is 0 Å². The molecule has 1 saturated carbocycles. The van der Waals surface area contributed by atoms with Gasteiger partial charge in [0.15, 0.2) is 0 Å². The molecule has 1 aliphatic rings. The van der Waals surface area contributed by atoms with Crippen molar-refractivity contribution in [1.29, 1.82) is 0 Å². The number of benzene rings is 1. The van der Waals surface area contributed by atoms with Crippen molar-refractivity contribution in [3.8, 4) is 0 Å². The first-order valence-electron chi connectivity index (χ1n) is 7.09. The molecule has 1 N–H and O–H groups in total. The average Bonchev–Trinajstić information content (AvgIpc) is 3.12. The summed E-state index contributed by atoms with van der Waals surface area (Å²) in [5.41, 5.74) is 2.64. The Morgan fingerprint density at radius 1 is 1.17 bits per heavy atom. The lowest BCUT2D eigenvalue weighted by Crippen LogP contribution is -2.29. The molecule has 2 atom stereocenters. The Labute approximate surface area is 111 Å². The molecular weight excluding hydrogens is 220 g/mol. The Kier molecular flexibility index (Phi) is 4.28. The van der Waals surface area contributed by atoms with E-state index >= 15 is 0 Å². The minimum atomic E-state index is 0.440. The Hall–Kier alpha value is -1.02. The van der Waals surface area contributed by atoms with Crippen molar-refractivity contribution in [2.24, 2.45) is 5.92 Å². The molecule has 0 heterocycles. The van der Waals surface area contributed by atoms with Gasteiger partial charge in [-0.1, -0.05) is 25.0 Å². The van der Waals surface area contributed by atoms with Crippen LogP contribution in [0.25, 0.3) is 0 Å². The Morgan fingerprint density at radius 2 is 1.78 bits per heavy atom. The van der Waals surface area contributed by atoms with E-state index in [0.29, 0.717) is 12.1 Å². The number of hydrogen-bond donors (Lipinski definition) is 1. The van der Waals surface area contributed by atoms with E-state index in [0.717, 1.165) is 5.92 Å². The van der Waals surface area contributed by atoms with Crippen molar-refractivity contribution in [3.05, 3.63) is 29.8 Å². The van der Waals surface area contributed by atoms with Gasteiger partial charge in [0.05, 0.1) is 0 Å². The van der Waals surface area contributed by atoms with Crippen molar-refractivity contribution in [2.45, 2.75) is 45.2 Å². The van der Waals surface area contributed by atoms with Gasteiger partial charge in [-0.15, -0.1) is 0 Å². The van der Waals surface area contributed by atoms with Gasteiger partial charge in [0, 0.05) is 31.9 Å². The predicted octanol–water partition coefficient (Wildman–Crippen LogP) is 3.59. The second kappa shape index (κ2) is 5.75. The molecule has 2 unspecified atom stereocenters. The van der Waals surface area contributed by atoms with Crippen molar-refractivity contribution < 1.29 is 0 Å². The second-order valence-corrected chi connectivity index (χ2v) is 5.95. The summed E-state index contributed by atoms with van der Waals surface area (Å²) in [6, 6.07) is 9.92. The van der Waals surface area contributed by atoms with Crippen LogP contribution in [0, 0.1) is 5.92 Å². The van der Waals surface area contributed by atoms with Gasteiger partial charge in [0.25, 0.3) is 0 Å². The van der Waals surface area contributed by atoms with E-state index < -0.39 is 0 Å². The molecule has 0 amide bonds. The number of nitrogens with zero attached hydrogens (tertiary/aromatic N) is 1. The molecule has 0 aliphatic heterocycles. The van der Waals surface area contributed by atoms with Crippen molar-refractivity contribution in [2.75, 3.05) is 19.0 Å². The van der Waals surface area contributed by atoms with Crippen LogP contribution < -0.4 is 10.2 Å². The van der Waals surface area contributed by atoms with Crippen molar-refractivity contribution in [3.63, 3.8) is 0 Å². The van der Waals surface area contributed by atoms with Gasteiger partial charge >= 0.3 is 0 Å². The van der Waals surface area contributed by atoms with Crippen molar-refractivity contribution >= 4 is 5.69 Å². The van der Waals surface area contributed by atoms with Crippen molar-refractivity contribution in [1.82, 2.24) is 5.32 Å².